The molecule has 0 saturated heterocycles. The molecular formula is C12H9ClO2. The van der Waals surface area contributed by atoms with Gasteiger partial charge >= 0.3 is 0 Å². The molecule has 0 spiro atoms. The minimum Gasteiger partial charge on any atom is -0.464 e. The highest BCUT2D eigenvalue weighted by Gasteiger charge is 2.08. The summed E-state index contributed by atoms with van der Waals surface area (Å²) in [7, 11) is 0. The number of furan rings is 1. The van der Waals surface area contributed by atoms with E-state index in [4.69, 9.17) is 16.0 Å². The van der Waals surface area contributed by atoms with Crippen LogP contribution in [0.4, 0.5) is 0 Å². The van der Waals surface area contributed by atoms with E-state index in [0.717, 1.165) is 11.3 Å². The van der Waals surface area contributed by atoms with Gasteiger partial charge in [-0.25, -0.2) is 0 Å². The number of benzene rings is 1. The van der Waals surface area contributed by atoms with Crippen molar-refractivity contribution in [3.8, 4) is 11.3 Å². The molecule has 0 fully saturated rings. The van der Waals surface area contributed by atoms with E-state index in [1.807, 2.05) is 18.2 Å². The molecular weight excluding hydrogens is 212 g/mol. The molecule has 0 bridgehead atoms. The second-order valence-corrected chi connectivity index (χ2v) is 3.64. The number of carbonyl (C=O) groups is 1. The Labute approximate surface area is 92.5 Å². The van der Waals surface area contributed by atoms with Gasteiger partial charge in [0.2, 0.25) is 0 Å². The Balaban J connectivity index is 2.47. The van der Waals surface area contributed by atoms with E-state index in [-0.39, 0.29) is 5.78 Å². The first-order chi connectivity index (χ1) is 7.18. The van der Waals surface area contributed by atoms with Gasteiger partial charge in [0, 0.05) is 11.1 Å². The molecule has 0 N–H and O–H groups in total. The van der Waals surface area contributed by atoms with Gasteiger partial charge in [-0.2, -0.15) is 0 Å². The van der Waals surface area contributed by atoms with Crippen LogP contribution in [-0.4, -0.2) is 5.78 Å². The van der Waals surface area contributed by atoms with Gasteiger partial charge in [0.05, 0.1) is 11.3 Å². The van der Waals surface area contributed by atoms with Gasteiger partial charge in [0.15, 0.2) is 5.78 Å². The first-order valence-corrected chi connectivity index (χ1v) is 4.90. The quantitative estimate of drug-likeness (QED) is 0.721. The van der Waals surface area contributed by atoms with E-state index in [1.54, 1.807) is 18.4 Å². The monoisotopic (exact) mass is 220 g/mol. The maximum absolute atomic E-state index is 11.2. The lowest BCUT2D eigenvalue weighted by atomic mass is 10.1. The molecule has 0 amide bonds. The fourth-order valence-electron chi connectivity index (χ4n) is 1.40. The van der Waals surface area contributed by atoms with Crippen molar-refractivity contribution < 1.29 is 9.21 Å². The molecule has 15 heavy (non-hydrogen) atoms. The molecule has 0 saturated carbocycles. The Kier molecular flexibility index (Phi) is 2.60. The van der Waals surface area contributed by atoms with E-state index in [0.29, 0.717) is 10.6 Å². The molecule has 0 aliphatic rings. The highest BCUT2D eigenvalue weighted by Crippen LogP contribution is 2.26. The maximum atomic E-state index is 11.2. The first kappa shape index (κ1) is 9.99. The summed E-state index contributed by atoms with van der Waals surface area (Å²) < 4.78 is 5.23. The summed E-state index contributed by atoms with van der Waals surface area (Å²) in [5, 5.41) is 0.455. The highest BCUT2D eigenvalue weighted by atomic mass is 35.5. The topological polar surface area (TPSA) is 30.2 Å². The van der Waals surface area contributed by atoms with Crippen LogP contribution in [0.1, 0.15) is 17.3 Å². The van der Waals surface area contributed by atoms with Crippen molar-refractivity contribution in [3.63, 3.8) is 0 Å². The highest BCUT2D eigenvalue weighted by molar-refractivity contribution is 6.34. The summed E-state index contributed by atoms with van der Waals surface area (Å²) in [6.07, 6.45) is 1.60. The summed E-state index contributed by atoms with van der Waals surface area (Å²) in [6.45, 7) is 1.49. The number of ketones is 1. The van der Waals surface area contributed by atoms with E-state index < -0.39 is 0 Å². The largest absolute Gasteiger partial charge is 0.464 e. The summed E-state index contributed by atoms with van der Waals surface area (Å²) >= 11 is 5.98. The van der Waals surface area contributed by atoms with Crippen molar-refractivity contribution in [1.29, 1.82) is 0 Å². The number of hydrogen-bond acceptors (Lipinski definition) is 2. The first-order valence-electron chi connectivity index (χ1n) is 4.53. The predicted octanol–water partition coefficient (Wildman–Crippen LogP) is 3.80. The van der Waals surface area contributed by atoms with Gasteiger partial charge in [-0.1, -0.05) is 17.7 Å². The fraction of sp³-hybridized carbons (Fsp3) is 0.0833. The molecule has 3 heteroatoms. The predicted molar refractivity (Wildman–Crippen MR) is 59.2 cm³/mol. The van der Waals surface area contributed by atoms with E-state index in [1.165, 1.54) is 6.92 Å². The SMILES string of the molecule is CC(=O)c1ccc(-c2ccco2)cc1Cl. The lowest BCUT2D eigenvalue weighted by Gasteiger charge is -2.02. The van der Waals surface area contributed by atoms with Crippen LogP contribution in [0.25, 0.3) is 11.3 Å². The number of hydrogen-bond donors (Lipinski definition) is 0. The normalized spacial score (nSPS) is 10.3. The Morgan fingerprint density at radius 2 is 2.13 bits per heavy atom. The third kappa shape index (κ3) is 1.95. The van der Waals surface area contributed by atoms with Crippen LogP contribution < -0.4 is 0 Å². The number of Topliss-reactive ketones (excluding diaryl/α,β-unsaturated/α-hetero) is 1. The van der Waals surface area contributed by atoms with Gasteiger partial charge in [-0.3, -0.25) is 4.79 Å². The third-order valence-corrected chi connectivity index (χ3v) is 2.47. The average Bonchev–Trinajstić information content (AvgIpc) is 2.69. The molecule has 0 atom stereocenters. The fourth-order valence-corrected chi connectivity index (χ4v) is 1.71. The van der Waals surface area contributed by atoms with Crippen LogP contribution >= 0.6 is 11.6 Å². The molecule has 0 aliphatic heterocycles. The second kappa shape index (κ2) is 3.91. The van der Waals surface area contributed by atoms with Crippen molar-refractivity contribution in [2.45, 2.75) is 6.92 Å². The summed E-state index contributed by atoms with van der Waals surface area (Å²) in [6, 6.07) is 8.92. The maximum Gasteiger partial charge on any atom is 0.161 e. The van der Waals surface area contributed by atoms with Gasteiger partial charge in [-0.05, 0) is 31.2 Å². The molecule has 2 nitrogen and oxygen atoms in total. The minimum atomic E-state index is -0.0361. The van der Waals surface area contributed by atoms with Crippen molar-refractivity contribution >= 4 is 17.4 Å². The Morgan fingerprint density at radius 3 is 2.67 bits per heavy atom. The second-order valence-electron chi connectivity index (χ2n) is 3.23. The zero-order chi connectivity index (χ0) is 10.8. The van der Waals surface area contributed by atoms with Crippen molar-refractivity contribution in [3.05, 3.63) is 47.2 Å². The summed E-state index contributed by atoms with van der Waals surface area (Å²) in [5.41, 5.74) is 1.40. The van der Waals surface area contributed by atoms with Crippen LogP contribution in [0.2, 0.25) is 5.02 Å². The molecule has 0 radical (unpaired) electrons. The molecule has 1 heterocycles. The van der Waals surface area contributed by atoms with Crippen LogP contribution in [0, 0.1) is 0 Å². The molecule has 2 rings (SSSR count). The lowest BCUT2D eigenvalue weighted by Crippen LogP contribution is -1.92. The smallest absolute Gasteiger partial charge is 0.161 e. The van der Waals surface area contributed by atoms with E-state index in [2.05, 4.69) is 0 Å². The molecule has 1 aromatic carbocycles. The number of carbonyl (C=O) groups excluding carboxylic acids is 1. The van der Waals surface area contributed by atoms with Crippen LogP contribution in [0.5, 0.6) is 0 Å². The van der Waals surface area contributed by atoms with Crippen molar-refractivity contribution in [2.75, 3.05) is 0 Å². The number of rotatable bonds is 2. The number of halogens is 1. The van der Waals surface area contributed by atoms with Crippen LogP contribution in [0.15, 0.2) is 41.0 Å². The zero-order valence-corrected chi connectivity index (χ0v) is 8.91. The van der Waals surface area contributed by atoms with Crippen molar-refractivity contribution in [2.24, 2.45) is 0 Å². The zero-order valence-electron chi connectivity index (χ0n) is 8.16. The Bertz CT molecular complexity index is 486. The van der Waals surface area contributed by atoms with Crippen molar-refractivity contribution in [1.82, 2.24) is 0 Å². The lowest BCUT2D eigenvalue weighted by molar-refractivity contribution is 0.101. The molecule has 2 aromatic rings. The molecule has 1 aromatic heterocycles. The third-order valence-electron chi connectivity index (χ3n) is 2.15. The van der Waals surface area contributed by atoms with Crippen LogP contribution in [0.3, 0.4) is 0 Å². The van der Waals surface area contributed by atoms with E-state index >= 15 is 0 Å². The summed E-state index contributed by atoms with van der Waals surface area (Å²) in [4.78, 5) is 11.2. The summed E-state index contributed by atoms with van der Waals surface area (Å²) in [5.74, 6) is 0.706. The standard InChI is InChI=1S/C12H9ClO2/c1-8(14)10-5-4-9(7-11(10)13)12-3-2-6-15-12/h2-7H,1H3. The minimum absolute atomic E-state index is 0.0361. The van der Waals surface area contributed by atoms with Gasteiger partial charge in [-0.15, -0.1) is 0 Å². The Hall–Kier alpha value is -1.54. The van der Waals surface area contributed by atoms with Crippen LogP contribution in [-0.2, 0) is 0 Å². The van der Waals surface area contributed by atoms with Gasteiger partial charge in [0.25, 0.3) is 0 Å². The van der Waals surface area contributed by atoms with E-state index in [9.17, 15) is 4.79 Å². The van der Waals surface area contributed by atoms with Gasteiger partial charge in [0.1, 0.15) is 5.76 Å². The Morgan fingerprint density at radius 1 is 1.33 bits per heavy atom. The van der Waals surface area contributed by atoms with Gasteiger partial charge < -0.3 is 4.42 Å². The molecule has 0 unspecified atom stereocenters. The molecule has 0 aliphatic carbocycles. The molecule has 76 valence electrons. The average molecular weight is 221 g/mol.